The van der Waals surface area contributed by atoms with E-state index in [1.807, 2.05) is 6.92 Å². The number of benzene rings is 1. The third-order valence-electron chi connectivity index (χ3n) is 2.11. The zero-order valence-electron chi connectivity index (χ0n) is 8.47. The van der Waals surface area contributed by atoms with Gasteiger partial charge in [-0.3, -0.25) is 5.32 Å². The van der Waals surface area contributed by atoms with Gasteiger partial charge in [0.15, 0.2) is 0 Å². The maximum Gasteiger partial charge on any atom is 0.137 e. The van der Waals surface area contributed by atoms with Gasteiger partial charge in [0, 0.05) is 0 Å². The van der Waals surface area contributed by atoms with Crippen LogP contribution in [0.5, 0.6) is 5.75 Å². The van der Waals surface area contributed by atoms with E-state index in [1.165, 1.54) is 0 Å². The van der Waals surface area contributed by atoms with Crippen molar-refractivity contribution in [3.8, 4) is 5.75 Å². The highest BCUT2D eigenvalue weighted by atomic mass is 35.5. The van der Waals surface area contributed by atoms with Crippen LogP contribution in [-0.2, 0) is 0 Å². The lowest BCUT2D eigenvalue weighted by atomic mass is 10.1. The lowest BCUT2D eigenvalue weighted by molar-refractivity contribution is 0.148. The van der Waals surface area contributed by atoms with Crippen molar-refractivity contribution in [1.82, 2.24) is 5.32 Å². The van der Waals surface area contributed by atoms with Gasteiger partial charge in [-0.25, -0.2) is 0 Å². The molecule has 3 nitrogen and oxygen atoms in total. The monoisotopic (exact) mass is 215 g/mol. The first-order chi connectivity index (χ1) is 6.60. The maximum absolute atomic E-state index is 9.59. The van der Waals surface area contributed by atoms with Gasteiger partial charge in [0.2, 0.25) is 0 Å². The van der Waals surface area contributed by atoms with Crippen LogP contribution in [0.2, 0.25) is 5.02 Å². The Bertz CT molecular complexity index is 328. The third-order valence-corrected chi connectivity index (χ3v) is 2.40. The second-order valence-corrected chi connectivity index (χ2v) is 3.44. The van der Waals surface area contributed by atoms with Crippen LogP contribution in [0, 0.1) is 6.92 Å². The first kappa shape index (κ1) is 11.3. The molecule has 1 rings (SSSR count). The number of ether oxygens (including phenoxy) is 1. The van der Waals surface area contributed by atoms with Crippen molar-refractivity contribution in [1.29, 1.82) is 0 Å². The Labute approximate surface area is 88.7 Å². The van der Waals surface area contributed by atoms with Gasteiger partial charge in [-0.05, 0) is 37.2 Å². The van der Waals surface area contributed by atoms with Gasteiger partial charge >= 0.3 is 0 Å². The second-order valence-electron chi connectivity index (χ2n) is 3.03. The molecule has 0 aliphatic heterocycles. The molecular weight excluding hydrogens is 202 g/mol. The van der Waals surface area contributed by atoms with Crippen molar-refractivity contribution >= 4 is 11.6 Å². The Morgan fingerprint density at radius 3 is 2.64 bits per heavy atom. The van der Waals surface area contributed by atoms with Crippen LogP contribution in [-0.4, -0.2) is 19.3 Å². The van der Waals surface area contributed by atoms with Crippen molar-refractivity contribution < 1.29 is 9.84 Å². The zero-order valence-corrected chi connectivity index (χ0v) is 9.22. The third kappa shape index (κ3) is 2.18. The number of aliphatic hydroxyl groups is 1. The molecule has 1 aromatic carbocycles. The fourth-order valence-corrected chi connectivity index (χ4v) is 1.53. The predicted octanol–water partition coefficient (Wildman–Crippen LogP) is 1.87. The van der Waals surface area contributed by atoms with Crippen LogP contribution >= 0.6 is 11.6 Å². The number of aliphatic hydroxyl groups excluding tert-OH is 1. The summed E-state index contributed by atoms with van der Waals surface area (Å²) in [5.41, 5.74) is 1.70. The first-order valence-corrected chi connectivity index (χ1v) is 4.67. The van der Waals surface area contributed by atoms with Gasteiger partial charge in [-0.2, -0.15) is 0 Å². The number of halogens is 1. The number of hydrogen-bond donors (Lipinski definition) is 2. The van der Waals surface area contributed by atoms with Crippen molar-refractivity contribution in [2.24, 2.45) is 0 Å². The van der Waals surface area contributed by atoms with Crippen LogP contribution in [0.3, 0.4) is 0 Å². The summed E-state index contributed by atoms with van der Waals surface area (Å²) in [6.45, 7) is 1.90. The fraction of sp³-hybridized carbons (Fsp3) is 0.400. The van der Waals surface area contributed by atoms with Crippen LogP contribution in [0.1, 0.15) is 17.4 Å². The van der Waals surface area contributed by atoms with Crippen LogP contribution in [0.15, 0.2) is 12.1 Å². The van der Waals surface area contributed by atoms with E-state index in [-0.39, 0.29) is 0 Å². The van der Waals surface area contributed by atoms with Crippen molar-refractivity contribution in [2.45, 2.75) is 13.2 Å². The Morgan fingerprint density at radius 1 is 1.50 bits per heavy atom. The SMILES string of the molecule is CNC(O)c1cc(Cl)c(OC)cc1C. The number of methoxy groups -OCH3 is 1. The topological polar surface area (TPSA) is 41.5 Å². The average molecular weight is 216 g/mol. The lowest BCUT2D eigenvalue weighted by Gasteiger charge is -2.14. The summed E-state index contributed by atoms with van der Waals surface area (Å²) < 4.78 is 5.06. The normalized spacial score (nSPS) is 12.6. The maximum atomic E-state index is 9.59. The molecule has 0 saturated carbocycles. The van der Waals surface area contributed by atoms with Crippen LogP contribution < -0.4 is 10.1 Å². The highest BCUT2D eigenvalue weighted by Gasteiger charge is 2.11. The van der Waals surface area contributed by atoms with Gasteiger partial charge in [-0.1, -0.05) is 11.6 Å². The van der Waals surface area contributed by atoms with Crippen LogP contribution in [0.4, 0.5) is 0 Å². The molecule has 78 valence electrons. The number of hydrogen-bond acceptors (Lipinski definition) is 3. The minimum Gasteiger partial charge on any atom is -0.495 e. The Balaban J connectivity index is 3.14. The molecule has 4 heteroatoms. The molecule has 0 saturated heterocycles. The van der Waals surface area contributed by atoms with Gasteiger partial charge in [0.1, 0.15) is 12.0 Å². The van der Waals surface area contributed by atoms with E-state index >= 15 is 0 Å². The van der Waals surface area contributed by atoms with E-state index in [0.717, 1.165) is 11.1 Å². The summed E-state index contributed by atoms with van der Waals surface area (Å²) in [4.78, 5) is 0. The minimum atomic E-state index is -0.696. The van der Waals surface area contributed by atoms with Gasteiger partial charge in [-0.15, -0.1) is 0 Å². The summed E-state index contributed by atoms with van der Waals surface area (Å²) in [5.74, 6) is 0.621. The highest BCUT2D eigenvalue weighted by molar-refractivity contribution is 6.32. The molecule has 0 spiro atoms. The molecule has 1 aromatic rings. The largest absolute Gasteiger partial charge is 0.495 e. The molecule has 1 atom stereocenters. The summed E-state index contributed by atoms with van der Waals surface area (Å²) in [6.07, 6.45) is -0.696. The van der Waals surface area contributed by atoms with Crippen molar-refractivity contribution in [3.63, 3.8) is 0 Å². The second kappa shape index (κ2) is 4.64. The van der Waals surface area contributed by atoms with Crippen LogP contribution in [0.25, 0.3) is 0 Å². The summed E-state index contributed by atoms with van der Waals surface area (Å²) >= 11 is 5.94. The van der Waals surface area contributed by atoms with E-state index < -0.39 is 6.23 Å². The highest BCUT2D eigenvalue weighted by Crippen LogP contribution is 2.29. The molecule has 14 heavy (non-hydrogen) atoms. The first-order valence-electron chi connectivity index (χ1n) is 4.29. The van der Waals surface area contributed by atoms with Crippen molar-refractivity contribution in [3.05, 3.63) is 28.3 Å². The van der Waals surface area contributed by atoms with Crippen molar-refractivity contribution in [2.75, 3.05) is 14.2 Å². The molecular formula is C10H14ClNO2. The molecule has 0 radical (unpaired) electrons. The molecule has 0 heterocycles. The van der Waals surface area contributed by atoms with Gasteiger partial charge in [0.05, 0.1) is 12.1 Å². The van der Waals surface area contributed by atoms with Gasteiger partial charge in [0.25, 0.3) is 0 Å². The fourth-order valence-electron chi connectivity index (χ4n) is 1.28. The smallest absolute Gasteiger partial charge is 0.137 e. The van der Waals surface area contributed by atoms with E-state index in [4.69, 9.17) is 16.3 Å². The minimum absolute atomic E-state index is 0.502. The molecule has 0 fully saturated rings. The summed E-state index contributed by atoms with van der Waals surface area (Å²) in [7, 11) is 3.25. The summed E-state index contributed by atoms with van der Waals surface area (Å²) in [5, 5.41) is 12.8. The number of nitrogens with one attached hydrogen (secondary N) is 1. The molecule has 0 aromatic heterocycles. The summed E-state index contributed by atoms with van der Waals surface area (Å²) in [6, 6.07) is 3.51. The van der Waals surface area contributed by atoms with E-state index in [0.29, 0.717) is 10.8 Å². The Hall–Kier alpha value is -0.770. The Morgan fingerprint density at radius 2 is 2.14 bits per heavy atom. The number of aryl methyl sites for hydroxylation is 1. The standard InChI is InChI=1S/C10H14ClNO2/c1-6-4-9(14-3)8(11)5-7(6)10(13)12-2/h4-5,10,12-13H,1-3H3. The van der Waals surface area contributed by atoms with E-state index in [1.54, 1.807) is 26.3 Å². The number of rotatable bonds is 3. The quantitative estimate of drug-likeness (QED) is 0.757. The zero-order chi connectivity index (χ0) is 10.7. The molecule has 1 unspecified atom stereocenters. The molecule has 0 amide bonds. The average Bonchev–Trinajstić information content (AvgIpc) is 2.19. The molecule has 2 N–H and O–H groups in total. The van der Waals surface area contributed by atoms with Gasteiger partial charge < -0.3 is 9.84 Å². The molecule has 0 aliphatic rings. The molecule has 0 bridgehead atoms. The molecule has 0 aliphatic carbocycles. The van der Waals surface area contributed by atoms with E-state index in [2.05, 4.69) is 5.32 Å². The Kier molecular flexibility index (Phi) is 3.75. The predicted molar refractivity (Wildman–Crippen MR) is 56.8 cm³/mol. The lowest BCUT2D eigenvalue weighted by Crippen LogP contribution is -2.16. The van der Waals surface area contributed by atoms with E-state index in [9.17, 15) is 5.11 Å².